The fourth-order valence-electron chi connectivity index (χ4n) is 0.527. The molecule has 0 unspecified atom stereocenters. The minimum absolute atomic E-state index is 0.707. The Balaban J connectivity index is 2.60. The second kappa shape index (κ2) is 7.92. The van der Waals surface area contributed by atoms with Gasteiger partial charge in [0, 0.05) is 0 Å². The molecule has 0 rings (SSSR count). The second-order valence-corrected chi connectivity index (χ2v) is 1.86. The predicted molar refractivity (Wildman–Crippen MR) is 36.5 cm³/mol. The first-order valence-electron chi connectivity index (χ1n) is 3.48. The standard InChI is InChI=1S/C7H15O2/c1-3-5-6-7-9-8-4-2/h4H,3,5-7H2,1-2H3. The van der Waals surface area contributed by atoms with Crippen LogP contribution in [0.4, 0.5) is 0 Å². The van der Waals surface area contributed by atoms with E-state index in [-0.39, 0.29) is 0 Å². The normalized spacial score (nSPS) is 10.0. The molecule has 2 heteroatoms. The van der Waals surface area contributed by atoms with E-state index in [4.69, 9.17) is 4.89 Å². The summed E-state index contributed by atoms with van der Waals surface area (Å²) in [6.07, 6.45) is 3.52. The summed E-state index contributed by atoms with van der Waals surface area (Å²) in [7, 11) is 0. The van der Waals surface area contributed by atoms with Gasteiger partial charge in [0.1, 0.15) is 6.61 Å². The molecule has 0 aromatic rings. The highest BCUT2D eigenvalue weighted by Crippen LogP contribution is 1.94. The van der Waals surface area contributed by atoms with E-state index in [2.05, 4.69) is 11.8 Å². The van der Waals surface area contributed by atoms with Crippen LogP contribution in [0.15, 0.2) is 0 Å². The molecule has 1 radical (unpaired) electrons. The van der Waals surface area contributed by atoms with Crippen LogP contribution in [0.25, 0.3) is 0 Å². The van der Waals surface area contributed by atoms with Crippen LogP contribution in [0.3, 0.4) is 0 Å². The fraction of sp³-hybridized carbons (Fsp3) is 0.857. The molecule has 0 aromatic carbocycles. The molecule has 2 nitrogen and oxygen atoms in total. The monoisotopic (exact) mass is 131 g/mol. The Morgan fingerprint density at radius 3 is 2.67 bits per heavy atom. The zero-order valence-electron chi connectivity index (χ0n) is 6.22. The van der Waals surface area contributed by atoms with Crippen LogP contribution in [0, 0.1) is 6.61 Å². The molecule has 0 N–H and O–H groups in total. The van der Waals surface area contributed by atoms with Gasteiger partial charge in [-0.05, 0) is 13.3 Å². The topological polar surface area (TPSA) is 18.5 Å². The first kappa shape index (κ1) is 8.92. The van der Waals surface area contributed by atoms with Gasteiger partial charge in [-0.2, -0.15) is 0 Å². The minimum atomic E-state index is 0.707. The molecule has 0 fully saturated rings. The highest BCUT2D eigenvalue weighted by Gasteiger charge is 1.85. The molecule has 9 heavy (non-hydrogen) atoms. The van der Waals surface area contributed by atoms with E-state index in [0.717, 1.165) is 6.42 Å². The van der Waals surface area contributed by atoms with Gasteiger partial charge in [-0.3, -0.25) is 0 Å². The van der Waals surface area contributed by atoms with Gasteiger partial charge in [0.15, 0.2) is 0 Å². The van der Waals surface area contributed by atoms with Crippen molar-refractivity contribution in [3.63, 3.8) is 0 Å². The zero-order valence-corrected chi connectivity index (χ0v) is 6.22. The lowest BCUT2D eigenvalue weighted by Crippen LogP contribution is -1.92. The second-order valence-electron chi connectivity index (χ2n) is 1.86. The number of hydrogen-bond donors (Lipinski definition) is 0. The summed E-state index contributed by atoms with van der Waals surface area (Å²) >= 11 is 0. The highest BCUT2D eigenvalue weighted by atomic mass is 17.2. The summed E-state index contributed by atoms with van der Waals surface area (Å²) in [6, 6.07) is 0. The third-order valence-corrected chi connectivity index (χ3v) is 0.995. The molecule has 0 aromatic heterocycles. The van der Waals surface area contributed by atoms with Gasteiger partial charge in [-0.15, -0.1) is 0 Å². The minimum Gasteiger partial charge on any atom is -0.236 e. The maximum absolute atomic E-state index is 4.73. The summed E-state index contributed by atoms with van der Waals surface area (Å²) in [4.78, 5) is 9.28. The molecule has 0 saturated carbocycles. The van der Waals surface area contributed by atoms with Gasteiger partial charge in [-0.1, -0.05) is 19.8 Å². The van der Waals surface area contributed by atoms with Gasteiger partial charge < -0.3 is 0 Å². The molecule has 0 aliphatic carbocycles. The molecule has 0 bridgehead atoms. The van der Waals surface area contributed by atoms with E-state index in [1.165, 1.54) is 19.4 Å². The molecule has 0 atom stereocenters. The van der Waals surface area contributed by atoms with E-state index < -0.39 is 0 Å². The molecular formula is C7H15O2. The molecular weight excluding hydrogens is 116 g/mol. The lowest BCUT2D eigenvalue weighted by atomic mass is 10.3. The van der Waals surface area contributed by atoms with Crippen molar-refractivity contribution in [3.05, 3.63) is 6.61 Å². The molecule has 0 amide bonds. The molecule has 0 aliphatic heterocycles. The lowest BCUT2D eigenvalue weighted by Gasteiger charge is -1.98. The van der Waals surface area contributed by atoms with Crippen LogP contribution in [0.5, 0.6) is 0 Å². The van der Waals surface area contributed by atoms with E-state index in [0.29, 0.717) is 6.61 Å². The lowest BCUT2D eigenvalue weighted by molar-refractivity contribution is -0.267. The van der Waals surface area contributed by atoms with Crippen molar-refractivity contribution < 1.29 is 9.78 Å². The Hall–Kier alpha value is -0.0800. The van der Waals surface area contributed by atoms with Crippen molar-refractivity contribution in [2.75, 3.05) is 6.61 Å². The Kier molecular flexibility index (Phi) is 7.85. The van der Waals surface area contributed by atoms with Gasteiger partial charge in [0.25, 0.3) is 0 Å². The van der Waals surface area contributed by atoms with Gasteiger partial charge in [0.05, 0.1) is 6.61 Å². The summed E-state index contributed by atoms with van der Waals surface area (Å²) in [5.74, 6) is 0. The Labute approximate surface area is 57.1 Å². The maximum atomic E-state index is 4.73. The third-order valence-electron chi connectivity index (χ3n) is 0.995. The van der Waals surface area contributed by atoms with Crippen molar-refractivity contribution in [1.82, 2.24) is 0 Å². The average molecular weight is 131 g/mol. The smallest absolute Gasteiger partial charge is 0.119 e. The number of rotatable bonds is 6. The van der Waals surface area contributed by atoms with E-state index >= 15 is 0 Å². The van der Waals surface area contributed by atoms with E-state index in [1.54, 1.807) is 6.92 Å². The quantitative estimate of drug-likeness (QED) is 0.313. The van der Waals surface area contributed by atoms with Gasteiger partial charge in [-0.25, -0.2) is 9.78 Å². The zero-order chi connectivity index (χ0) is 6.95. The van der Waals surface area contributed by atoms with Gasteiger partial charge >= 0.3 is 0 Å². The fourth-order valence-corrected chi connectivity index (χ4v) is 0.527. The Morgan fingerprint density at radius 1 is 1.33 bits per heavy atom. The summed E-state index contributed by atoms with van der Waals surface area (Å²) < 4.78 is 0. The van der Waals surface area contributed by atoms with Crippen molar-refractivity contribution in [2.45, 2.75) is 33.1 Å². The Morgan fingerprint density at radius 2 is 2.11 bits per heavy atom. The largest absolute Gasteiger partial charge is 0.236 e. The molecule has 0 heterocycles. The first-order chi connectivity index (χ1) is 4.41. The number of unbranched alkanes of at least 4 members (excludes halogenated alkanes) is 2. The van der Waals surface area contributed by atoms with Crippen molar-refractivity contribution in [2.24, 2.45) is 0 Å². The van der Waals surface area contributed by atoms with Crippen molar-refractivity contribution in [1.29, 1.82) is 0 Å². The maximum Gasteiger partial charge on any atom is 0.119 e. The van der Waals surface area contributed by atoms with E-state index in [9.17, 15) is 0 Å². The molecule has 0 aliphatic rings. The first-order valence-corrected chi connectivity index (χ1v) is 3.48. The number of hydrogen-bond acceptors (Lipinski definition) is 2. The van der Waals surface area contributed by atoms with Crippen LogP contribution in [0.1, 0.15) is 33.1 Å². The molecule has 55 valence electrons. The average Bonchev–Trinajstić information content (AvgIpc) is 1.89. The summed E-state index contributed by atoms with van der Waals surface area (Å²) in [6.45, 7) is 6.19. The molecule has 0 spiro atoms. The summed E-state index contributed by atoms with van der Waals surface area (Å²) in [5, 5.41) is 0. The highest BCUT2D eigenvalue weighted by molar-refractivity contribution is 4.33. The SMILES string of the molecule is C[CH]OOCCCCC. The van der Waals surface area contributed by atoms with Crippen LogP contribution < -0.4 is 0 Å². The van der Waals surface area contributed by atoms with Crippen LogP contribution in [-0.2, 0) is 9.78 Å². The predicted octanol–water partition coefficient (Wildman–Crippen LogP) is 2.31. The third kappa shape index (κ3) is 7.92. The van der Waals surface area contributed by atoms with Crippen LogP contribution in [-0.4, -0.2) is 6.61 Å². The van der Waals surface area contributed by atoms with Crippen LogP contribution >= 0.6 is 0 Å². The van der Waals surface area contributed by atoms with Crippen molar-refractivity contribution >= 4 is 0 Å². The van der Waals surface area contributed by atoms with E-state index in [1.807, 2.05) is 0 Å². The molecule has 0 saturated heterocycles. The Bertz CT molecular complexity index is 40.2. The van der Waals surface area contributed by atoms with Crippen LogP contribution in [0.2, 0.25) is 0 Å². The van der Waals surface area contributed by atoms with Crippen molar-refractivity contribution in [3.8, 4) is 0 Å². The van der Waals surface area contributed by atoms with Gasteiger partial charge in [0.2, 0.25) is 0 Å². The summed E-state index contributed by atoms with van der Waals surface area (Å²) in [5.41, 5.74) is 0.